The SMILES string of the molecule is CNC1CCN(c2c(F)ccc(C)c2F)C1. The second-order valence-electron chi connectivity index (χ2n) is 4.25. The zero-order chi connectivity index (χ0) is 11.7. The summed E-state index contributed by atoms with van der Waals surface area (Å²) in [6.07, 6.45) is 0.920. The summed E-state index contributed by atoms with van der Waals surface area (Å²) in [7, 11) is 1.87. The van der Waals surface area contributed by atoms with Crippen LogP contribution in [0, 0.1) is 18.6 Å². The molecule has 1 heterocycles. The maximum absolute atomic E-state index is 13.8. The number of nitrogens with one attached hydrogen (secondary N) is 1. The molecule has 1 aliphatic heterocycles. The summed E-state index contributed by atoms with van der Waals surface area (Å²) in [5.41, 5.74) is 0.613. The van der Waals surface area contributed by atoms with E-state index in [2.05, 4.69) is 5.32 Å². The fourth-order valence-electron chi connectivity index (χ4n) is 2.13. The van der Waals surface area contributed by atoms with E-state index in [0.717, 1.165) is 6.42 Å². The molecule has 1 unspecified atom stereocenters. The molecule has 0 bridgehead atoms. The van der Waals surface area contributed by atoms with E-state index in [0.29, 0.717) is 24.7 Å². The Balaban J connectivity index is 2.30. The standard InChI is InChI=1S/C12H16F2N2/c1-8-3-4-10(13)12(11(8)14)16-6-5-9(7-16)15-2/h3-4,9,15H,5-7H2,1-2H3. The molecule has 4 heteroatoms. The average molecular weight is 226 g/mol. The van der Waals surface area contributed by atoms with Gasteiger partial charge in [-0.2, -0.15) is 0 Å². The molecule has 0 saturated carbocycles. The maximum atomic E-state index is 13.8. The van der Waals surface area contributed by atoms with Crippen molar-refractivity contribution >= 4 is 5.69 Å². The maximum Gasteiger partial charge on any atom is 0.152 e. The molecule has 0 amide bonds. The van der Waals surface area contributed by atoms with Crippen LogP contribution >= 0.6 is 0 Å². The summed E-state index contributed by atoms with van der Waals surface area (Å²) in [5.74, 6) is -0.906. The number of hydrogen-bond donors (Lipinski definition) is 1. The molecule has 2 nitrogen and oxygen atoms in total. The number of nitrogens with zero attached hydrogens (tertiary/aromatic N) is 1. The Labute approximate surface area is 94.3 Å². The molecule has 0 aromatic heterocycles. The summed E-state index contributed by atoms with van der Waals surface area (Å²) >= 11 is 0. The number of likely N-dealkylation sites (N-methyl/N-ethyl adjacent to an activating group) is 1. The van der Waals surface area contributed by atoms with Crippen LogP contribution in [0.2, 0.25) is 0 Å². The Morgan fingerprint density at radius 3 is 2.75 bits per heavy atom. The van der Waals surface area contributed by atoms with E-state index in [1.54, 1.807) is 11.8 Å². The molecule has 1 atom stereocenters. The van der Waals surface area contributed by atoms with Crippen LogP contribution in [0.15, 0.2) is 12.1 Å². The molecule has 1 saturated heterocycles. The molecule has 16 heavy (non-hydrogen) atoms. The average Bonchev–Trinajstić information content (AvgIpc) is 2.73. The first kappa shape index (κ1) is 11.3. The van der Waals surface area contributed by atoms with E-state index in [4.69, 9.17) is 0 Å². The van der Waals surface area contributed by atoms with Crippen molar-refractivity contribution in [2.24, 2.45) is 0 Å². The van der Waals surface area contributed by atoms with Gasteiger partial charge in [0.2, 0.25) is 0 Å². The second-order valence-corrected chi connectivity index (χ2v) is 4.25. The van der Waals surface area contributed by atoms with Crippen molar-refractivity contribution in [3.63, 3.8) is 0 Å². The lowest BCUT2D eigenvalue weighted by molar-refractivity contribution is 0.568. The largest absolute Gasteiger partial charge is 0.365 e. The summed E-state index contributed by atoms with van der Waals surface area (Å²) < 4.78 is 27.5. The van der Waals surface area contributed by atoms with Gasteiger partial charge in [0.25, 0.3) is 0 Å². The minimum absolute atomic E-state index is 0.123. The molecular formula is C12H16F2N2. The lowest BCUT2D eigenvalue weighted by Crippen LogP contribution is -2.30. The summed E-state index contributed by atoms with van der Waals surface area (Å²) in [6.45, 7) is 3.01. The highest BCUT2D eigenvalue weighted by Crippen LogP contribution is 2.28. The number of rotatable bonds is 2. The Morgan fingerprint density at radius 1 is 1.38 bits per heavy atom. The first-order valence-electron chi connectivity index (χ1n) is 5.50. The molecule has 1 aliphatic rings. The van der Waals surface area contributed by atoms with Crippen molar-refractivity contribution in [3.05, 3.63) is 29.3 Å². The molecule has 1 aromatic rings. The van der Waals surface area contributed by atoms with Gasteiger partial charge in [-0.1, -0.05) is 6.07 Å². The van der Waals surface area contributed by atoms with Gasteiger partial charge >= 0.3 is 0 Å². The zero-order valence-corrected chi connectivity index (χ0v) is 9.56. The number of benzene rings is 1. The number of aryl methyl sites for hydroxylation is 1. The van der Waals surface area contributed by atoms with Crippen molar-refractivity contribution in [2.75, 3.05) is 25.0 Å². The van der Waals surface area contributed by atoms with Crippen LogP contribution in [0.4, 0.5) is 14.5 Å². The van der Waals surface area contributed by atoms with Crippen LogP contribution < -0.4 is 10.2 Å². The molecule has 0 radical (unpaired) electrons. The topological polar surface area (TPSA) is 15.3 Å². The minimum Gasteiger partial charge on any atom is -0.365 e. The normalized spacial score (nSPS) is 20.5. The Kier molecular flexibility index (Phi) is 3.10. The van der Waals surface area contributed by atoms with E-state index in [9.17, 15) is 8.78 Å². The summed E-state index contributed by atoms with van der Waals surface area (Å²) in [6, 6.07) is 3.12. The van der Waals surface area contributed by atoms with Crippen molar-refractivity contribution in [2.45, 2.75) is 19.4 Å². The predicted molar refractivity (Wildman–Crippen MR) is 60.8 cm³/mol. The van der Waals surface area contributed by atoms with E-state index in [1.165, 1.54) is 12.1 Å². The molecule has 1 aromatic carbocycles. The summed E-state index contributed by atoms with van der Waals surface area (Å²) in [5, 5.41) is 3.13. The monoisotopic (exact) mass is 226 g/mol. The van der Waals surface area contributed by atoms with Gasteiger partial charge in [0.05, 0.1) is 0 Å². The van der Waals surface area contributed by atoms with Crippen molar-refractivity contribution < 1.29 is 8.78 Å². The van der Waals surface area contributed by atoms with Crippen LogP contribution in [0.1, 0.15) is 12.0 Å². The third-order valence-electron chi connectivity index (χ3n) is 3.17. The first-order valence-corrected chi connectivity index (χ1v) is 5.50. The smallest absolute Gasteiger partial charge is 0.152 e. The van der Waals surface area contributed by atoms with E-state index >= 15 is 0 Å². The lowest BCUT2D eigenvalue weighted by atomic mass is 10.2. The Bertz CT molecular complexity index is 393. The van der Waals surface area contributed by atoms with E-state index in [1.807, 2.05) is 7.05 Å². The van der Waals surface area contributed by atoms with Crippen LogP contribution in [-0.4, -0.2) is 26.2 Å². The highest BCUT2D eigenvalue weighted by Gasteiger charge is 2.26. The quantitative estimate of drug-likeness (QED) is 0.830. The van der Waals surface area contributed by atoms with Gasteiger partial charge in [-0.25, -0.2) is 8.78 Å². The third kappa shape index (κ3) is 1.89. The van der Waals surface area contributed by atoms with E-state index in [-0.39, 0.29) is 5.69 Å². The van der Waals surface area contributed by atoms with Crippen LogP contribution in [0.25, 0.3) is 0 Å². The number of halogens is 2. The van der Waals surface area contributed by atoms with Crippen molar-refractivity contribution in [1.29, 1.82) is 0 Å². The molecule has 88 valence electrons. The Hall–Kier alpha value is -1.16. The van der Waals surface area contributed by atoms with E-state index < -0.39 is 11.6 Å². The van der Waals surface area contributed by atoms with Crippen molar-refractivity contribution in [3.8, 4) is 0 Å². The highest BCUT2D eigenvalue weighted by atomic mass is 19.1. The van der Waals surface area contributed by atoms with Gasteiger partial charge in [-0.3, -0.25) is 0 Å². The summed E-state index contributed by atoms with van der Waals surface area (Å²) in [4.78, 5) is 1.78. The highest BCUT2D eigenvalue weighted by molar-refractivity contribution is 5.52. The fraction of sp³-hybridized carbons (Fsp3) is 0.500. The van der Waals surface area contributed by atoms with Gasteiger partial charge in [0, 0.05) is 19.1 Å². The number of hydrogen-bond acceptors (Lipinski definition) is 2. The zero-order valence-electron chi connectivity index (χ0n) is 9.56. The van der Waals surface area contributed by atoms with Gasteiger partial charge in [0.15, 0.2) is 5.82 Å². The van der Waals surface area contributed by atoms with Gasteiger partial charge < -0.3 is 10.2 Å². The van der Waals surface area contributed by atoms with Crippen LogP contribution in [0.3, 0.4) is 0 Å². The second kappa shape index (κ2) is 4.37. The molecule has 0 aliphatic carbocycles. The Morgan fingerprint density at radius 2 is 2.12 bits per heavy atom. The molecular weight excluding hydrogens is 210 g/mol. The molecule has 1 fully saturated rings. The molecule has 2 rings (SSSR count). The predicted octanol–water partition coefficient (Wildman–Crippen LogP) is 2.07. The molecule has 0 spiro atoms. The van der Waals surface area contributed by atoms with Gasteiger partial charge in [-0.05, 0) is 32.0 Å². The minimum atomic E-state index is -0.472. The van der Waals surface area contributed by atoms with Crippen LogP contribution in [-0.2, 0) is 0 Å². The van der Waals surface area contributed by atoms with Crippen molar-refractivity contribution in [1.82, 2.24) is 5.32 Å². The van der Waals surface area contributed by atoms with Crippen LogP contribution in [0.5, 0.6) is 0 Å². The third-order valence-corrected chi connectivity index (χ3v) is 3.17. The first-order chi connectivity index (χ1) is 7.63. The lowest BCUT2D eigenvalue weighted by Gasteiger charge is -2.20. The fourth-order valence-corrected chi connectivity index (χ4v) is 2.13. The molecule has 1 N–H and O–H groups in total. The van der Waals surface area contributed by atoms with Gasteiger partial charge in [0.1, 0.15) is 11.5 Å². The number of anilines is 1. The van der Waals surface area contributed by atoms with Gasteiger partial charge in [-0.15, -0.1) is 0 Å².